The second-order valence-corrected chi connectivity index (χ2v) is 6.92. The minimum absolute atomic E-state index is 0.274. The van der Waals surface area contributed by atoms with Crippen molar-refractivity contribution in [1.29, 1.82) is 0 Å². The van der Waals surface area contributed by atoms with Gasteiger partial charge in [-0.05, 0) is 24.3 Å². The van der Waals surface area contributed by atoms with Crippen LogP contribution >= 0.6 is 27.3 Å². The molecule has 0 bridgehead atoms. The van der Waals surface area contributed by atoms with Gasteiger partial charge in [0.05, 0.1) is 5.69 Å². The van der Waals surface area contributed by atoms with Crippen LogP contribution in [0, 0.1) is 0 Å². The molecule has 0 spiro atoms. The highest BCUT2D eigenvalue weighted by Gasteiger charge is 2.14. The van der Waals surface area contributed by atoms with Gasteiger partial charge in [0.25, 0.3) is 5.91 Å². The SMILES string of the molecule is O=C(Nc1nc(-c2cccc(Br)c2)cs1)c1cc2ccccc2o1. The number of carbonyl (C=O) groups excluding carboxylic acids is 1. The van der Waals surface area contributed by atoms with E-state index >= 15 is 0 Å². The maximum absolute atomic E-state index is 12.3. The van der Waals surface area contributed by atoms with Crippen molar-refractivity contribution in [2.24, 2.45) is 0 Å². The molecule has 0 atom stereocenters. The van der Waals surface area contributed by atoms with Gasteiger partial charge in [-0.15, -0.1) is 11.3 Å². The van der Waals surface area contributed by atoms with Crippen LogP contribution in [0.5, 0.6) is 0 Å². The van der Waals surface area contributed by atoms with E-state index in [0.29, 0.717) is 10.7 Å². The third-order valence-electron chi connectivity index (χ3n) is 3.49. The van der Waals surface area contributed by atoms with Gasteiger partial charge >= 0.3 is 0 Å². The van der Waals surface area contributed by atoms with Crippen LogP contribution in [0.2, 0.25) is 0 Å². The van der Waals surface area contributed by atoms with Crippen molar-refractivity contribution in [2.45, 2.75) is 0 Å². The highest BCUT2D eigenvalue weighted by atomic mass is 79.9. The van der Waals surface area contributed by atoms with Crippen molar-refractivity contribution in [3.63, 3.8) is 0 Å². The van der Waals surface area contributed by atoms with E-state index in [1.165, 1.54) is 11.3 Å². The summed E-state index contributed by atoms with van der Waals surface area (Å²) in [6.07, 6.45) is 0. The smallest absolute Gasteiger partial charge is 0.293 e. The zero-order valence-corrected chi connectivity index (χ0v) is 14.7. The lowest BCUT2D eigenvalue weighted by atomic mass is 10.2. The van der Waals surface area contributed by atoms with Crippen LogP contribution in [0.3, 0.4) is 0 Å². The van der Waals surface area contributed by atoms with Crippen molar-refractivity contribution in [1.82, 2.24) is 4.98 Å². The van der Waals surface area contributed by atoms with E-state index in [1.807, 2.05) is 53.9 Å². The molecule has 118 valence electrons. The van der Waals surface area contributed by atoms with E-state index < -0.39 is 0 Å². The molecule has 0 unspecified atom stereocenters. The summed E-state index contributed by atoms with van der Waals surface area (Å²) in [5, 5.41) is 6.14. The molecule has 0 aliphatic rings. The maximum atomic E-state index is 12.3. The first kappa shape index (κ1) is 15.1. The van der Waals surface area contributed by atoms with Crippen molar-refractivity contribution >= 4 is 49.3 Å². The van der Waals surface area contributed by atoms with Crippen LogP contribution in [0.15, 0.2) is 68.9 Å². The standard InChI is InChI=1S/C18H11BrN2O2S/c19-13-6-3-5-11(8-13)14-10-24-18(20-14)21-17(22)16-9-12-4-1-2-7-15(12)23-16/h1-10H,(H,20,21,22). The summed E-state index contributed by atoms with van der Waals surface area (Å²) < 4.78 is 6.55. The lowest BCUT2D eigenvalue weighted by Gasteiger charge is -1.98. The van der Waals surface area contributed by atoms with E-state index in [-0.39, 0.29) is 11.7 Å². The molecule has 24 heavy (non-hydrogen) atoms. The Labute approximate surface area is 150 Å². The Bertz CT molecular complexity index is 1010. The molecule has 0 radical (unpaired) electrons. The molecular weight excluding hydrogens is 388 g/mol. The normalized spacial score (nSPS) is 10.9. The number of para-hydroxylation sites is 1. The molecule has 1 amide bonds. The number of amides is 1. The molecule has 4 nitrogen and oxygen atoms in total. The summed E-state index contributed by atoms with van der Waals surface area (Å²) in [6, 6.07) is 17.1. The molecule has 2 aromatic carbocycles. The third-order valence-corrected chi connectivity index (χ3v) is 4.75. The largest absolute Gasteiger partial charge is 0.451 e. The van der Waals surface area contributed by atoms with Crippen LogP contribution in [0.25, 0.3) is 22.2 Å². The fraction of sp³-hybridized carbons (Fsp3) is 0. The molecule has 0 fully saturated rings. The van der Waals surface area contributed by atoms with Crippen molar-refractivity contribution in [2.75, 3.05) is 5.32 Å². The Morgan fingerprint density at radius 3 is 2.83 bits per heavy atom. The van der Waals surface area contributed by atoms with Gasteiger partial charge in [-0.1, -0.05) is 46.3 Å². The lowest BCUT2D eigenvalue weighted by molar-refractivity contribution is 0.0998. The Morgan fingerprint density at radius 2 is 2.00 bits per heavy atom. The highest BCUT2D eigenvalue weighted by Crippen LogP contribution is 2.27. The first-order valence-corrected chi connectivity index (χ1v) is 8.88. The molecule has 0 saturated heterocycles. The van der Waals surface area contributed by atoms with Gasteiger partial charge in [-0.3, -0.25) is 10.1 Å². The van der Waals surface area contributed by atoms with Crippen molar-refractivity contribution in [3.8, 4) is 11.3 Å². The van der Waals surface area contributed by atoms with Crippen molar-refractivity contribution in [3.05, 3.63) is 70.2 Å². The second kappa shape index (κ2) is 6.22. The van der Waals surface area contributed by atoms with Gasteiger partial charge in [0.2, 0.25) is 0 Å². The zero-order chi connectivity index (χ0) is 16.5. The van der Waals surface area contributed by atoms with Crippen LogP contribution in [-0.4, -0.2) is 10.9 Å². The van der Waals surface area contributed by atoms with E-state index in [9.17, 15) is 4.79 Å². The number of furan rings is 1. The Hall–Kier alpha value is -2.44. The molecule has 4 aromatic rings. The first-order chi connectivity index (χ1) is 11.7. The average Bonchev–Trinajstić information content (AvgIpc) is 3.21. The van der Waals surface area contributed by atoms with Gasteiger partial charge in [-0.25, -0.2) is 4.98 Å². The highest BCUT2D eigenvalue weighted by molar-refractivity contribution is 9.10. The molecular formula is C18H11BrN2O2S. The number of fused-ring (bicyclic) bond motifs is 1. The minimum atomic E-state index is -0.304. The number of hydrogen-bond donors (Lipinski definition) is 1. The van der Waals surface area contributed by atoms with E-state index in [4.69, 9.17) is 4.42 Å². The monoisotopic (exact) mass is 398 g/mol. The van der Waals surface area contributed by atoms with Crippen LogP contribution < -0.4 is 5.32 Å². The number of thiazole rings is 1. The number of halogens is 1. The van der Waals surface area contributed by atoms with Gasteiger partial charge in [0.15, 0.2) is 10.9 Å². The summed E-state index contributed by atoms with van der Waals surface area (Å²) in [5.74, 6) is -0.0308. The lowest BCUT2D eigenvalue weighted by Crippen LogP contribution is -2.10. The van der Waals surface area contributed by atoms with Crippen LogP contribution in [0.1, 0.15) is 10.6 Å². The molecule has 1 N–H and O–H groups in total. The molecule has 0 aliphatic heterocycles. The fourth-order valence-corrected chi connectivity index (χ4v) is 3.48. The average molecular weight is 399 g/mol. The number of anilines is 1. The third kappa shape index (κ3) is 2.98. The topological polar surface area (TPSA) is 55.1 Å². The number of nitrogens with one attached hydrogen (secondary N) is 1. The number of rotatable bonds is 3. The van der Waals surface area contributed by atoms with Gasteiger partial charge < -0.3 is 4.42 Å². The summed E-state index contributed by atoms with van der Waals surface area (Å²) in [4.78, 5) is 16.8. The number of aromatic nitrogens is 1. The first-order valence-electron chi connectivity index (χ1n) is 7.20. The van der Waals surface area contributed by atoms with Crippen LogP contribution in [0.4, 0.5) is 5.13 Å². The molecule has 0 aliphatic carbocycles. The summed E-state index contributed by atoms with van der Waals surface area (Å²) in [6.45, 7) is 0. The molecule has 4 rings (SSSR count). The quantitative estimate of drug-likeness (QED) is 0.490. The van der Waals surface area contributed by atoms with E-state index in [0.717, 1.165) is 21.1 Å². The number of carbonyl (C=O) groups is 1. The predicted octanol–water partition coefficient (Wildman–Crippen LogP) is 5.57. The summed E-state index contributed by atoms with van der Waals surface area (Å²) in [5.41, 5.74) is 2.50. The second-order valence-electron chi connectivity index (χ2n) is 5.15. The number of nitrogens with zero attached hydrogens (tertiary/aromatic N) is 1. The van der Waals surface area contributed by atoms with Gasteiger partial charge in [0.1, 0.15) is 5.58 Å². The predicted molar refractivity (Wildman–Crippen MR) is 99.4 cm³/mol. The van der Waals surface area contributed by atoms with E-state index in [1.54, 1.807) is 6.07 Å². The summed E-state index contributed by atoms with van der Waals surface area (Å²) in [7, 11) is 0. The Balaban J connectivity index is 1.56. The molecule has 2 aromatic heterocycles. The van der Waals surface area contributed by atoms with E-state index in [2.05, 4.69) is 26.2 Å². The Morgan fingerprint density at radius 1 is 1.12 bits per heavy atom. The van der Waals surface area contributed by atoms with Crippen LogP contribution in [-0.2, 0) is 0 Å². The maximum Gasteiger partial charge on any atom is 0.293 e. The number of benzene rings is 2. The molecule has 2 heterocycles. The van der Waals surface area contributed by atoms with Crippen molar-refractivity contribution < 1.29 is 9.21 Å². The minimum Gasteiger partial charge on any atom is -0.451 e. The summed E-state index contributed by atoms with van der Waals surface area (Å²) >= 11 is 4.83. The fourth-order valence-electron chi connectivity index (χ4n) is 2.36. The van der Waals surface area contributed by atoms with Gasteiger partial charge in [-0.2, -0.15) is 0 Å². The molecule has 6 heteroatoms. The zero-order valence-electron chi connectivity index (χ0n) is 12.3. The number of hydrogen-bond acceptors (Lipinski definition) is 4. The molecule has 0 saturated carbocycles. The Kier molecular flexibility index (Phi) is 3.92. The van der Waals surface area contributed by atoms with Gasteiger partial charge in [0, 0.05) is 20.8 Å².